The molecule has 14 heavy (non-hydrogen) atoms. The van der Waals surface area contributed by atoms with Crippen LogP contribution >= 0.6 is 31.9 Å². The van der Waals surface area contributed by atoms with Crippen LogP contribution in [0.3, 0.4) is 0 Å². The fourth-order valence-corrected chi connectivity index (χ4v) is 1.80. The lowest BCUT2D eigenvalue weighted by Crippen LogP contribution is -2.03. The summed E-state index contributed by atoms with van der Waals surface area (Å²) in [7, 11) is 0. The maximum Gasteiger partial charge on any atom is 0.147 e. The van der Waals surface area contributed by atoms with Crippen molar-refractivity contribution in [3.63, 3.8) is 0 Å². The van der Waals surface area contributed by atoms with Gasteiger partial charge in [0, 0.05) is 10.9 Å². The Balaban J connectivity index is 3.05. The van der Waals surface area contributed by atoms with Gasteiger partial charge in [0.15, 0.2) is 0 Å². The van der Waals surface area contributed by atoms with Crippen LogP contribution in [-0.4, -0.2) is 5.78 Å². The van der Waals surface area contributed by atoms with Gasteiger partial charge in [-0.2, -0.15) is 0 Å². The number of benzene rings is 1. The van der Waals surface area contributed by atoms with Crippen molar-refractivity contribution in [2.24, 2.45) is 0 Å². The molecule has 0 aliphatic heterocycles. The lowest BCUT2D eigenvalue weighted by molar-refractivity contribution is -0.116. The number of hydrogen-bond acceptors (Lipinski definition) is 1. The Kier molecular flexibility index (Phi) is 4.26. The predicted molar refractivity (Wildman–Crippen MR) is 61.4 cm³/mol. The van der Waals surface area contributed by atoms with Gasteiger partial charge < -0.3 is 0 Å². The number of carbonyl (C=O) groups is 1. The highest BCUT2D eigenvalue weighted by molar-refractivity contribution is 9.09. The zero-order valence-corrected chi connectivity index (χ0v) is 10.7. The number of hydrogen-bond donors (Lipinski definition) is 0. The summed E-state index contributed by atoms with van der Waals surface area (Å²) in [5.74, 6) is -0.450. The monoisotopic (exact) mass is 322 g/mol. The van der Waals surface area contributed by atoms with Crippen molar-refractivity contribution in [1.29, 1.82) is 0 Å². The first kappa shape index (κ1) is 11.9. The second-order valence-corrected chi connectivity index (χ2v) is 4.44. The van der Waals surface area contributed by atoms with Crippen LogP contribution in [0.5, 0.6) is 0 Å². The smallest absolute Gasteiger partial charge is 0.147 e. The van der Waals surface area contributed by atoms with Crippen LogP contribution in [0.1, 0.15) is 22.9 Å². The lowest BCUT2D eigenvalue weighted by atomic mass is 10.1. The zero-order chi connectivity index (χ0) is 10.7. The molecule has 1 nitrogen and oxygen atoms in total. The van der Waals surface area contributed by atoms with Gasteiger partial charge in [0.2, 0.25) is 0 Å². The van der Waals surface area contributed by atoms with Crippen molar-refractivity contribution >= 4 is 37.6 Å². The standard InChI is InChI=1S/C10H9Br2FO/c1-6(14)10(12)8-3-2-7(5-11)4-9(8)13/h2-4,10H,5H2,1H3. The van der Waals surface area contributed by atoms with E-state index in [0.29, 0.717) is 10.9 Å². The minimum atomic E-state index is -0.549. The summed E-state index contributed by atoms with van der Waals surface area (Å²) >= 11 is 6.38. The Morgan fingerprint density at radius 1 is 1.57 bits per heavy atom. The molecule has 1 aromatic carbocycles. The highest BCUT2D eigenvalue weighted by atomic mass is 79.9. The van der Waals surface area contributed by atoms with E-state index in [9.17, 15) is 9.18 Å². The molecule has 1 rings (SSSR count). The molecule has 1 aromatic rings. The minimum Gasteiger partial charge on any atom is -0.298 e. The van der Waals surface area contributed by atoms with E-state index in [4.69, 9.17) is 0 Å². The first-order chi connectivity index (χ1) is 6.56. The van der Waals surface area contributed by atoms with E-state index >= 15 is 0 Å². The van der Waals surface area contributed by atoms with E-state index in [1.807, 2.05) is 0 Å². The molecule has 0 saturated carbocycles. The molecule has 0 fully saturated rings. The molecular formula is C10H9Br2FO. The third-order valence-electron chi connectivity index (χ3n) is 1.85. The molecule has 0 amide bonds. The van der Waals surface area contributed by atoms with Crippen LogP contribution in [0.25, 0.3) is 0 Å². The number of Topliss-reactive ketones (excluding diaryl/α,β-unsaturated/α-hetero) is 1. The van der Waals surface area contributed by atoms with Crippen molar-refractivity contribution in [3.8, 4) is 0 Å². The molecule has 1 unspecified atom stereocenters. The average molecular weight is 324 g/mol. The first-order valence-corrected chi connectivity index (χ1v) is 6.08. The molecule has 0 bridgehead atoms. The summed E-state index contributed by atoms with van der Waals surface area (Å²) in [6.07, 6.45) is 0. The molecule has 0 saturated heterocycles. The zero-order valence-electron chi connectivity index (χ0n) is 7.56. The fourth-order valence-electron chi connectivity index (χ4n) is 1.08. The summed E-state index contributed by atoms with van der Waals surface area (Å²) in [6.45, 7) is 1.43. The van der Waals surface area contributed by atoms with Gasteiger partial charge in [0.25, 0.3) is 0 Å². The van der Waals surface area contributed by atoms with Crippen molar-refractivity contribution in [2.75, 3.05) is 0 Å². The Morgan fingerprint density at radius 3 is 2.64 bits per heavy atom. The van der Waals surface area contributed by atoms with Crippen LogP contribution < -0.4 is 0 Å². The van der Waals surface area contributed by atoms with E-state index in [1.165, 1.54) is 13.0 Å². The topological polar surface area (TPSA) is 17.1 Å². The highest BCUT2D eigenvalue weighted by Crippen LogP contribution is 2.27. The maximum atomic E-state index is 13.4. The number of alkyl halides is 2. The predicted octanol–water partition coefficient (Wildman–Crippen LogP) is 3.75. The summed E-state index contributed by atoms with van der Waals surface area (Å²) < 4.78 is 13.4. The molecule has 0 aliphatic rings. The molecule has 0 aromatic heterocycles. The number of carbonyl (C=O) groups excluding carboxylic acids is 1. The SMILES string of the molecule is CC(=O)C(Br)c1ccc(CBr)cc1F. The largest absolute Gasteiger partial charge is 0.298 e. The van der Waals surface area contributed by atoms with Crippen molar-refractivity contribution in [3.05, 3.63) is 35.1 Å². The second-order valence-electron chi connectivity index (χ2n) is 2.96. The second kappa shape index (κ2) is 5.03. The normalized spacial score (nSPS) is 12.6. The molecule has 0 radical (unpaired) electrons. The molecule has 1 atom stereocenters. The Bertz CT molecular complexity index is 352. The summed E-state index contributed by atoms with van der Waals surface area (Å²) in [5.41, 5.74) is 1.25. The quantitative estimate of drug-likeness (QED) is 0.774. The van der Waals surface area contributed by atoms with Gasteiger partial charge in [0.05, 0.1) is 0 Å². The van der Waals surface area contributed by atoms with E-state index in [0.717, 1.165) is 5.56 Å². The van der Waals surface area contributed by atoms with Gasteiger partial charge in [-0.25, -0.2) is 4.39 Å². The van der Waals surface area contributed by atoms with Crippen molar-refractivity contribution in [1.82, 2.24) is 0 Å². The first-order valence-electron chi connectivity index (χ1n) is 4.05. The molecule has 0 N–H and O–H groups in total. The van der Waals surface area contributed by atoms with Gasteiger partial charge in [0.1, 0.15) is 16.4 Å². The third kappa shape index (κ3) is 2.64. The Hall–Kier alpha value is -0.220. The number of halogens is 3. The van der Waals surface area contributed by atoms with Gasteiger partial charge >= 0.3 is 0 Å². The molecule has 0 heterocycles. The van der Waals surface area contributed by atoms with Gasteiger partial charge in [-0.1, -0.05) is 44.0 Å². The fraction of sp³-hybridized carbons (Fsp3) is 0.300. The van der Waals surface area contributed by atoms with Crippen LogP contribution in [0, 0.1) is 5.82 Å². The number of ketones is 1. The van der Waals surface area contributed by atoms with Gasteiger partial charge in [-0.05, 0) is 18.6 Å². The Morgan fingerprint density at radius 2 is 2.21 bits per heavy atom. The van der Waals surface area contributed by atoms with Crippen molar-refractivity contribution < 1.29 is 9.18 Å². The van der Waals surface area contributed by atoms with E-state index < -0.39 is 4.83 Å². The molecule has 76 valence electrons. The molecule has 4 heteroatoms. The van der Waals surface area contributed by atoms with Crippen LogP contribution in [0.15, 0.2) is 18.2 Å². The van der Waals surface area contributed by atoms with Crippen molar-refractivity contribution in [2.45, 2.75) is 17.1 Å². The van der Waals surface area contributed by atoms with Gasteiger partial charge in [-0.3, -0.25) is 4.79 Å². The maximum absolute atomic E-state index is 13.4. The summed E-state index contributed by atoms with van der Waals surface area (Å²) in [5, 5.41) is 0.608. The average Bonchev–Trinajstić information content (AvgIpc) is 2.16. The molecule has 0 spiro atoms. The molecule has 0 aliphatic carbocycles. The van der Waals surface area contributed by atoms with Crippen LogP contribution in [0.4, 0.5) is 4.39 Å². The third-order valence-corrected chi connectivity index (χ3v) is 3.63. The summed E-state index contributed by atoms with van der Waals surface area (Å²) in [6, 6.07) is 4.86. The number of rotatable bonds is 3. The van der Waals surface area contributed by atoms with Crippen LogP contribution in [0.2, 0.25) is 0 Å². The summed E-state index contributed by atoms with van der Waals surface area (Å²) in [4.78, 5) is 10.5. The molecular weight excluding hydrogens is 315 g/mol. The minimum absolute atomic E-state index is 0.101. The van der Waals surface area contributed by atoms with E-state index in [2.05, 4.69) is 31.9 Å². The van der Waals surface area contributed by atoms with Crippen LogP contribution in [-0.2, 0) is 10.1 Å². The lowest BCUT2D eigenvalue weighted by Gasteiger charge is -2.08. The Labute approximate surface area is 99.0 Å². The van der Waals surface area contributed by atoms with Gasteiger partial charge in [-0.15, -0.1) is 0 Å². The van der Waals surface area contributed by atoms with E-state index in [-0.39, 0.29) is 11.6 Å². The van der Waals surface area contributed by atoms with E-state index in [1.54, 1.807) is 12.1 Å². The highest BCUT2D eigenvalue weighted by Gasteiger charge is 2.16.